The summed E-state index contributed by atoms with van der Waals surface area (Å²) in [6, 6.07) is 18.5. The first kappa shape index (κ1) is 36.0. The molecule has 1 fully saturated rings. The third-order valence-electron chi connectivity index (χ3n) is 8.82. The summed E-state index contributed by atoms with van der Waals surface area (Å²) in [5, 5.41) is 5.85. The molecule has 1 saturated heterocycles. The second-order valence-corrected chi connectivity index (χ2v) is 12.7. The summed E-state index contributed by atoms with van der Waals surface area (Å²) in [7, 11) is 1.49. The van der Waals surface area contributed by atoms with Crippen molar-refractivity contribution in [2.24, 2.45) is 0 Å². The van der Waals surface area contributed by atoms with Crippen LogP contribution in [-0.2, 0) is 22.6 Å². The minimum absolute atomic E-state index is 0.0487. The number of para-hydroxylation sites is 1. The van der Waals surface area contributed by atoms with E-state index < -0.39 is 35.7 Å². The molecule has 2 N–H and O–H groups in total. The van der Waals surface area contributed by atoms with Crippen molar-refractivity contribution in [2.45, 2.75) is 38.5 Å². The Balaban J connectivity index is 1.29. The smallest absolute Gasteiger partial charge is 0.257 e. The molecule has 13 heteroatoms. The summed E-state index contributed by atoms with van der Waals surface area (Å²) < 4.78 is 32.7. The highest BCUT2D eigenvalue weighted by molar-refractivity contribution is 6.01. The van der Waals surface area contributed by atoms with Crippen molar-refractivity contribution in [3.05, 3.63) is 119 Å². The number of methoxy groups -OCH3 is 1. The maximum atomic E-state index is 15.0. The molecule has 6 rings (SSSR count). The van der Waals surface area contributed by atoms with E-state index in [1.54, 1.807) is 47.6 Å². The molecule has 12 nitrogen and oxygen atoms in total. The lowest BCUT2D eigenvalue weighted by molar-refractivity contribution is -0.123. The molecule has 0 saturated carbocycles. The fraction of sp³-hybridized carbons (Fsp3) is 0.308. The van der Waals surface area contributed by atoms with E-state index in [1.807, 2.05) is 19.1 Å². The molecule has 0 spiro atoms. The number of aromatic nitrogens is 1. The van der Waals surface area contributed by atoms with Crippen LogP contribution in [0.15, 0.2) is 85.2 Å². The number of hydrogen-bond acceptors (Lipinski definition) is 8. The zero-order valence-electron chi connectivity index (χ0n) is 29.0. The number of carbonyl (C=O) groups excluding carboxylic acids is 4. The third kappa shape index (κ3) is 8.72. The van der Waals surface area contributed by atoms with Crippen LogP contribution in [0.3, 0.4) is 0 Å². The quantitative estimate of drug-likeness (QED) is 0.275. The SMILES string of the molecule is CCCN1CC(=O)N[C@@H]2CN(C(=O)c3ccccc3OC)C[C@H]2OCc2cc(F)cc(c2)Oc2cc(C(=O)NCCc3cccnc3)cc(c2)C1=O. The predicted octanol–water partition coefficient (Wildman–Crippen LogP) is 4.39. The van der Waals surface area contributed by atoms with Crippen LogP contribution in [0.2, 0.25) is 0 Å². The molecule has 1 aromatic heterocycles. The van der Waals surface area contributed by atoms with Crippen LogP contribution in [0.5, 0.6) is 17.2 Å². The Hall–Kier alpha value is -5.82. The van der Waals surface area contributed by atoms with Gasteiger partial charge in [0, 0.05) is 55.8 Å². The van der Waals surface area contributed by atoms with E-state index >= 15 is 0 Å². The number of amides is 4. The number of halogens is 1. The van der Waals surface area contributed by atoms with E-state index in [9.17, 15) is 23.6 Å². The van der Waals surface area contributed by atoms with Crippen LogP contribution in [0.4, 0.5) is 4.39 Å². The topological polar surface area (TPSA) is 139 Å². The summed E-state index contributed by atoms with van der Waals surface area (Å²) in [5.74, 6) is -1.59. The van der Waals surface area contributed by atoms with Crippen molar-refractivity contribution in [3.8, 4) is 17.2 Å². The monoisotopic (exact) mass is 709 g/mol. The molecule has 0 unspecified atom stereocenters. The van der Waals surface area contributed by atoms with Crippen LogP contribution < -0.4 is 20.1 Å². The number of carbonyl (C=O) groups is 4. The Bertz CT molecular complexity index is 1940. The fourth-order valence-corrected chi connectivity index (χ4v) is 6.35. The molecular formula is C39H40FN5O7. The van der Waals surface area contributed by atoms with E-state index in [-0.39, 0.29) is 61.3 Å². The molecule has 52 heavy (non-hydrogen) atoms. The molecule has 2 aliphatic heterocycles. The lowest BCUT2D eigenvalue weighted by Crippen LogP contribution is -2.49. The van der Waals surface area contributed by atoms with E-state index in [0.29, 0.717) is 36.3 Å². The summed E-state index contributed by atoms with van der Waals surface area (Å²) in [6.45, 7) is 2.40. The molecule has 0 radical (unpaired) electrons. The van der Waals surface area contributed by atoms with E-state index in [0.717, 1.165) is 5.56 Å². The minimum atomic E-state index is -0.648. The Morgan fingerprint density at radius 3 is 2.65 bits per heavy atom. The van der Waals surface area contributed by atoms with Gasteiger partial charge < -0.3 is 34.6 Å². The molecule has 4 amide bonds. The van der Waals surface area contributed by atoms with Crippen molar-refractivity contribution in [1.29, 1.82) is 0 Å². The van der Waals surface area contributed by atoms with Crippen LogP contribution in [0.1, 0.15) is 55.5 Å². The van der Waals surface area contributed by atoms with Gasteiger partial charge in [-0.25, -0.2) is 4.39 Å². The Kier molecular flexibility index (Phi) is 11.4. The Morgan fingerprint density at radius 2 is 1.87 bits per heavy atom. The lowest BCUT2D eigenvalue weighted by Gasteiger charge is -2.25. The fourth-order valence-electron chi connectivity index (χ4n) is 6.35. The van der Waals surface area contributed by atoms with Gasteiger partial charge in [-0.15, -0.1) is 0 Å². The van der Waals surface area contributed by atoms with Crippen molar-refractivity contribution >= 4 is 23.6 Å². The Morgan fingerprint density at radius 1 is 1.04 bits per heavy atom. The van der Waals surface area contributed by atoms with Gasteiger partial charge in [-0.3, -0.25) is 24.2 Å². The maximum Gasteiger partial charge on any atom is 0.257 e. The normalized spacial score (nSPS) is 17.5. The molecule has 2 atom stereocenters. The number of benzene rings is 3. The number of nitrogens with zero attached hydrogens (tertiary/aromatic N) is 3. The molecule has 3 heterocycles. The molecular weight excluding hydrogens is 669 g/mol. The number of hydrogen-bond donors (Lipinski definition) is 2. The molecule has 0 aliphatic carbocycles. The standard InChI is InChI=1S/C39H40FN5O7/c1-3-13-44-23-36(46)43-33-21-45(39(49)32-8-4-5-9-34(32)50-2)22-35(33)51-24-26-14-29(40)19-30(15-26)52-31-17-27(16-28(18-31)38(44)48)37(47)42-12-10-25-7-6-11-41-20-25/h4-9,11,14-20,33,35H,3,10,12-13,21-24H2,1-2H3,(H,42,47)(H,43,46)/t33-,35-/m1/s1. The number of fused-ring (bicyclic) bond motifs is 5. The third-order valence-corrected chi connectivity index (χ3v) is 8.82. The highest BCUT2D eigenvalue weighted by Gasteiger charge is 2.38. The molecule has 2 aliphatic rings. The van der Waals surface area contributed by atoms with Crippen molar-refractivity contribution in [3.63, 3.8) is 0 Å². The van der Waals surface area contributed by atoms with Crippen LogP contribution in [0.25, 0.3) is 0 Å². The van der Waals surface area contributed by atoms with Gasteiger partial charge in [0.1, 0.15) is 23.1 Å². The van der Waals surface area contributed by atoms with Crippen LogP contribution in [-0.4, -0.2) is 90.4 Å². The molecule has 3 aromatic carbocycles. The minimum Gasteiger partial charge on any atom is -0.496 e. The highest BCUT2D eigenvalue weighted by Crippen LogP contribution is 2.29. The first-order valence-corrected chi connectivity index (χ1v) is 17.1. The van der Waals surface area contributed by atoms with Gasteiger partial charge in [0.25, 0.3) is 17.7 Å². The van der Waals surface area contributed by atoms with Gasteiger partial charge in [0.2, 0.25) is 5.91 Å². The lowest BCUT2D eigenvalue weighted by atomic mass is 10.1. The Labute approximate surface area is 300 Å². The number of nitrogens with one attached hydrogen (secondary N) is 2. The van der Waals surface area contributed by atoms with Gasteiger partial charge in [0.05, 0.1) is 38.0 Å². The number of pyridine rings is 1. The van der Waals surface area contributed by atoms with Crippen LogP contribution in [0, 0.1) is 5.82 Å². The molecule has 4 bridgehead atoms. The summed E-state index contributed by atoms with van der Waals surface area (Å²) in [4.78, 5) is 61.7. The van der Waals surface area contributed by atoms with Crippen LogP contribution >= 0.6 is 0 Å². The van der Waals surface area contributed by atoms with Crippen molar-refractivity contribution in [1.82, 2.24) is 25.4 Å². The average molecular weight is 710 g/mol. The summed E-state index contributed by atoms with van der Waals surface area (Å²) in [6.07, 6.45) is 3.84. The predicted molar refractivity (Wildman–Crippen MR) is 189 cm³/mol. The highest BCUT2D eigenvalue weighted by atomic mass is 19.1. The van der Waals surface area contributed by atoms with Crippen molar-refractivity contribution < 1.29 is 37.8 Å². The zero-order valence-corrected chi connectivity index (χ0v) is 29.0. The van der Waals surface area contributed by atoms with Gasteiger partial charge in [-0.1, -0.05) is 25.1 Å². The first-order chi connectivity index (χ1) is 25.2. The number of ether oxygens (including phenoxy) is 3. The molecule has 270 valence electrons. The number of likely N-dealkylation sites (tertiary alicyclic amines) is 1. The van der Waals surface area contributed by atoms with E-state index in [2.05, 4.69) is 15.6 Å². The summed E-state index contributed by atoms with van der Waals surface area (Å²) >= 11 is 0. The largest absolute Gasteiger partial charge is 0.496 e. The number of rotatable bonds is 8. The van der Waals surface area contributed by atoms with Gasteiger partial charge in [-0.05, 0) is 72.5 Å². The average Bonchev–Trinajstić information content (AvgIpc) is 3.54. The van der Waals surface area contributed by atoms with Gasteiger partial charge >= 0.3 is 0 Å². The first-order valence-electron chi connectivity index (χ1n) is 17.1. The zero-order chi connectivity index (χ0) is 36.6. The summed E-state index contributed by atoms with van der Waals surface area (Å²) in [5.41, 5.74) is 2.03. The van der Waals surface area contributed by atoms with Gasteiger partial charge in [0.15, 0.2) is 0 Å². The van der Waals surface area contributed by atoms with E-state index in [4.69, 9.17) is 14.2 Å². The van der Waals surface area contributed by atoms with Gasteiger partial charge in [-0.2, -0.15) is 0 Å². The second kappa shape index (κ2) is 16.5. The maximum absolute atomic E-state index is 15.0. The molecule has 4 aromatic rings. The van der Waals surface area contributed by atoms with Crippen molar-refractivity contribution in [2.75, 3.05) is 39.8 Å². The second-order valence-electron chi connectivity index (χ2n) is 12.7. The van der Waals surface area contributed by atoms with E-state index in [1.165, 1.54) is 42.3 Å².